The highest BCUT2D eigenvalue weighted by molar-refractivity contribution is 5.82. The molecule has 10 heteroatoms. The number of rotatable bonds is 7. The van der Waals surface area contributed by atoms with E-state index in [0.29, 0.717) is 28.1 Å². The molecule has 1 N–H and O–H groups in total. The summed E-state index contributed by atoms with van der Waals surface area (Å²) in [5.74, 6) is -1.39. The first kappa shape index (κ1) is 26.0. The van der Waals surface area contributed by atoms with Gasteiger partial charge in [-0.25, -0.2) is 9.07 Å². The molecule has 0 spiro atoms. The van der Waals surface area contributed by atoms with Crippen LogP contribution in [0.2, 0.25) is 0 Å². The molecule has 1 heterocycles. The van der Waals surface area contributed by atoms with Crippen LogP contribution in [0.4, 0.5) is 17.6 Å². The Kier molecular flexibility index (Phi) is 7.11. The largest absolute Gasteiger partial charge is 0.496 e. The second-order valence-electron chi connectivity index (χ2n) is 8.74. The average Bonchev–Trinajstić information content (AvgIpc) is 3.25. The summed E-state index contributed by atoms with van der Waals surface area (Å²) in [6.07, 6.45) is -4.37. The molecule has 0 saturated carbocycles. The molecule has 0 fully saturated rings. The zero-order valence-electron chi connectivity index (χ0n) is 20.6. The van der Waals surface area contributed by atoms with Gasteiger partial charge in [0, 0.05) is 5.39 Å². The molecule has 6 nitrogen and oxygen atoms in total. The molecule has 0 aliphatic carbocycles. The van der Waals surface area contributed by atoms with E-state index in [-0.39, 0.29) is 5.82 Å². The second-order valence-corrected chi connectivity index (χ2v) is 8.74. The number of aryl methyl sites for hydroxylation is 2. The van der Waals surface area contributed by atoms with E-state index >= 15 is 0 Å². The fourth-order valence-electron chi connectivity index (χ4n) is 4.31. The normalized spacial score (nSPS) is 13.3. The highest BCUT2D eigenvalue weighted by atomic mass is 19.4. The molecule has 2 atom stereocenters. The summed E-state index contributed by atoms with van der Waals surface area (Å²) in [5.41, 5.74) is 3.52. The number of amides is 1. The van der Waals surface area contributed by atoms with Crippen molar-refractivity contribution in [2.24, 2.45) is 0 Å². The van der Waals surface area contributed by atoms with Gasteiger partial charge in [-0.3, -0.25) is 4.79 Å². The zero-order chi connectivity index (χ0) is 26.9. The lowest BCUT2D eigenvalue weighted by Gasteiger charge is -2.28. The maximum absolute atomic E-state index is 13.3. The fourth-order valence-corrected chi connectivity index (χ4v) is 4.31. The molecule has 3 aromatic carbocycles. The molecule has 0 aliphatic heterocycles. The van der Waals surface area contributed by atoms with Crippen LogP contribution in [-0.4, -0.2) is 35.0 Å². The monoisotopic (exact) mass is 515 g/mol. The van der Waals surface area contributed by atoms with E-state index in [0.717, 1.165) is 16.6 Å². The van der Waals surface area contributed by atoms with E-state index in [4.69, 9.17) is 9.47 Å². The second kappa shape index (κ2) is 10.1. The number of benzene rings is 3. The number of fused-ring (bicyclic) bond motifs is 1. The zero-order valence-corrected chi connectivity index (χ0v) is 20.6. The van der Waals surface area contributed by atoms with Crippen LogP contribution in [0, 0.1) is 19.7 Å². The summed E-state index contributed by atoms with van der Waals surface area (Å²) in [7, 11) is 1.54. The van der Waals surface area contributed by atoms with Gasteiger partial charge >= 0.3 is 12.1 Å². The minimum atomic E-state index is -5.03. The van der Waals surface area contributed by atoms with Gasteiger partial charge in [0.15, 0.2) is 0 Å². The summed E-state index contributed by atoms with van der Waals surface area (Å²) in [4.78, 5) is 11.7. The molecule has 0 aliphatic rings. The summed E-state index contributed by atoms with van der Waals surface area (Å²) >= 11 is 0. The van der Waals surface area contributed by atoms with E-state index in [1.165, 1.54) is 26.2 Å². The number of hydrogen-bond acceptors (Lipinski definition) is 4. The van der Waals surface area contributed by atoms with E-state index in [9.17, 15) is 22.4 Å². The van der Waals surface area contributed by atoms with Gasteiger partial charge in [-0.15, -0.1) is 0 Å². The SMILES string of the molecule is COc1c(C)cc([C@H](Oc2ccc3c(cnn3-c3ccc(F)cc3)c2)[C@H](C)NC(=O)C(F)(F)F)cc1C. The number of nitrogens with one attached hydrogen (secondary N) is 1. The maximum atomic E-state index is 13.3. The van der Waals surface area contributed by atoms with Crippen molar-refractivity contribution < 1.29 is 31.8 Å². The quantitative estimate of drug-likeness (QED) is 0.308. The molecular formula is C27H25F4N3O3. The Morgan fingerprint density at radius 1 is 1.03 bits per heavy atom. The lowest BCUT2D eigenvalue weighted by molar-refractivity contribution is -0.174. The first-order valence-corrected chi connectivity index (χ1v) is 11.4. The Morgan fingerprint density at radius 2 is 1.68 bits per heavy atom. The number of hydrogen-bond donors (Lipinski definition) is 1. The molecule has 0 radical (unpaired) electrons. The van der Waals surface area contributed by atoms with Crippen LogP contribution in [0.1, 0.15) is 29.7 Å². The smallest absolute Gasteiger partial charge is 0.471 e. The van der Waals surface area contributed by atoms with Crippen LogP contribution in [0.3, 0.4) is 0 Å². The standard InChI is InChI=1S/C27H25F4N3O3/c1-15-11-18(12-16(2)24(15)36-4)25(17(3)33-26(35)27(29,30)31)37-22-9-10-23-19(13-22)14-32-34(23)21-7-5-20(28)6-8-21/h5-14,17,25H,1-4H3,(H,33,35)/t17-,25+/m0/s1. The van der Waals surface area contributed by atoms with Crippen LogP contribution >= 0.6 is 0 Å². The number of ether oxygens (including phenoxy) is 2. The Balaban J connectivity index is 1.69. The predicted octanol–water partition coefficient (Wildman–Crippen LogP) is 5.98. The molecular weight excluding hydrogens is 490 g/mol. The Hall–Kier alpha value is -4.08. The first-order valence-electron chi connectivity index (χ1n) is 11.4. The van der Waals surface area contributed by atoms with Gasteiger partial charge < -0.3 is 14.8 Å². The van der Waals surface area contributed by atoms with Crippen LogP contribution in [0.15, 0.2) is 60.8 Å². The maximum Gasteiger partial charge on any atom is 0.471 e. The van der Waals surface area contributed by atoms with Crippen molar-refractivity contribution in [1.29, 1.82) is 0 Å². The highest BCUT2D eigenvalue weighted by Gasteiger charge is 2.40. The minimum Gasteiger partial charge on any atom is -0.496 e. The molecule has 0 bridgehead atoms. The van der Waals surface area contributed by atoms with Crippen LogP contribution in [0.25, 0.3) is 16.6 Å². The molecule has 1 aromatic heterocycles. The molecule has 4 aromatic rings. The van der Waals surface area contributed by atoms with E-state index in [1.807, 2.05) is 19.2 Å². The summed E-state index contributed by atoms with van der Waals surface area (Å²) < 4.78 is 65.5. The minimum absolute atomic E-state index is 0.363. The Bertz CT molecular complexity index is 1410. The van der Waals surface area contributed by atoms with Crippen molar-refractivity contribution in [2.75, 3.05) is 7.11 Å². The van der Waals surface area contributed by atoms with Crippen molar-refractivity contribution >= 4 is 16.8 Å². The summed E-state index contributed by atoms with van der Waals surface area (Å²) in [6, 6.07) is 13.5. The third-order valence-electron chi connectivity index (χ3n) is 5.96. The lowest BCUT2D eigenvalue weighted by Crippen LogP contribution is -2.45. The number of carbonyl (C=O) groups excluding carboxylic acids is 1. The van der Waals surface area contributed by atoms with Gasteiger partial charge in [0.05, 0.1) is 30.6 Å². The van der Waals surface area contributed by atoms with Crippen molar-refractivity contribution in [3.63, 3.8) is 0 Å². The molecule has 1 amide bonds. The third-order valence-corrected chi connectivity index (χ3v) is 5.96. The Morgan fingerprint density at radius 3 is 2.27 bits per heavy atom. The fraction of sp³-hybridized carbons (Fsp3) is 0.259. The number of carbonyl (C=O) groups is 1. The topological polar surface area (TPSA) is 65.4 Å². The number of alkyl halides is 3. The molecule has 4 rings (SSSR count). The summed E-state index contributed by atoms with van der Waals surface area (Å²) in [5, 5.41) is 7.07. The van der Waals surface area contributed by atoms with Crippen molar-refractivity contribution in [2.45, 2.75) is 39.1 Å². The number of aromatic nitrogens is 2. The van der Waals surface area contributed by atoms with Crippen LogP contribution in [-0.2, 0) is 4.79 Å². The van der Waals surface area contributed by atoms with Crippen molar-refractivity contribution in [3.8, 4) is 17.2 Å². The van der Waals surface area contributed by atoms with E-state index in [1.54, 1.807) is 53.3 Å². The van der Waals surface area contributed by atoms with Crippen molar-refractivity contribution in [3.05, 3.63) is 83.3 Å². The number of methoxy groups -OCH3 is 1. The Labute approximate surface area is 210 Å². The predicted molar refractivity (Wildman–Crippen MR) is 131 cm³/mol. The van der Waals surface area contributed by atoms with Gasteiger partial charge in [0.1, 0.15) is 23.4 Å². The summed E-state index contributed by atoms with van der Waals surface area (Å²) in [6.45, 7) is 5.09. The third kappa shape index (κ3) is 5.52. The molecule has 194 valence electrons. The number of nitrogens with zero attached hydrogens (tertiary/aromatic N) is 2. The van der Waals surface area contributed by atoms with Crippen molar-refractivity contribution in [1.82, 2.24) is 15.1 Å². The lowest BCUT2D eigenvalue weighted by atomic mass is 9.97. The highest BCUT2D eigenvalue weighted by Crippen LogP contribution is 2.33. The number of halogens is 4. The van der Waals surface area contributed by atoms with Gasteiger partial charge in [0.25, 0.3) is 0 Å². The molecule has 0 saturated heterocycles. The van der Waals surface area contributed by atoms with Gasteiger partial charge in [-0.1, -0.05) is 0 Å². The molecule has 0 unspecified atom stereocenters. The van der Waals surface area contributed by atoms with Crippen LogP contribution in [0.5, 0.6) is 11.5 Å². The van der Waals surface area contributed by atoms with E-state index in [2.05, 4.69) is 5.10 Å². The van der Waals surface area contributed by atoms with Gasteiger partial charge in [-0.2, -0.15) is 18.3 Å². The average molecular weight is 516 g/mol. The van der Waals surface area contributed by atoms with E-state index < -0.39 is 24.2 Å². The van der Waals surface area contributed by atoms with Gasteiger partial charge in [-0.05, 0) is 92.1 Å². The first-order chi connectivity index (χ1) is 17.5. The molecule has 37 heavy (non-hydrogen) atoms. The van der Waals surface area contributed by atoms with Crippen LogP contribution < -0.4 is 14.8 Å². The van der Waals surface area contributed by atoms with Gasteiger partial charge in [0.2, 0.25) is 0 Å².